The smallest absolute Gasteiger partial charge is 0.418 e. The fourth-order valence-electron chi connectivity index (χ4n) is 2.43. The summed E-state index contributed by atoms with van der Waals surface area (Å²) in [5.41, 5.74) is -1.17. The van der Waals surface area contributed by atoms with Crippen LogP contribution in [0.5, 0.6) is 0 Å². The first-order valence-corrected chi connectivity index (χ1v) is 9.38. The monoisotopic (exact) mass is 431 g/mol. The standard InChI is InChI=1S/C18H20F3N3O4S/c1-27-9-5-8-24(10-15-22-14(11-29-15)16(25)28-2)17(26)23-13-7-4-3-6-12(13)18(19,20)21/h3-4,6-7,11H,5,8-10H2,1-2H3,(H,23,26). The van der Waals surface area contributed by atoms with E-state index < -0.39 is 23.7 Å². The van der Waals surface area contributed by atoms with Gasteiger partial charge in [-0.25, -0.2) is 14.6 Å². The number of para-hydroxylation sites is 1. The van der Waals surface area contributed by atoms with Gasteiger partial charge in [-0.05, 0) is 18.6 Å². The van der Waals surface area contributed by atoms with Gasteiger partial charge in [0, 0.05) is 25.6 Å². The molecule has 0 radical (unpaired) electrons. The Bertz CT molecular complexity index is 842. The van der Waals surface area contributed by atoms with Crippen LogP contribution >= 0.6 is 11.3 Å². The summed E-state index contributed by atoms with van der Waals surface area (Å²) in [5, 5.41) is 4.25. The molecule has 0 aliphatic carbocycles. The molecule has 2 amide bonds. The molecule has 2 rings (SSSR count). The lowest BCUT2D eigenvalue weighted by molar-refractivity contribution is -0.136. The number of aromatic nitrogens is 1. The summed E-state index contributed by atoms with van der Waals surface area (Å²) in [6.45, 7) is 0.612. The minimum atomic E-state index is -4.60. The number of urea groups is 1. The van der Waals surface area contributed by atoms with Gasteiger partial charge in [0.05, 0.1) is 24.9 Å². The Morgan fingerprint density at radius 1 is 1.24 bits per heavy atom. The molecule has 0 atom stereocenters. The molecule has 2 aromatic rings. The molecule has 0 aliphatic heterocycles. The number of benzene rings is 1. The summed E-state index contributed by atoms with van der Waals surface area (Å²) in [5.74, 6) is -0.609. The molecular weight excluding hydrogens is 411 g/mol. The van der Waals surface area contributed by atoms with Crippen molar-refractivity contribution in [1.82, 2.24) is 9.88 Å². The Morgan fingerprint density at radius 2 is 1.97 bits per heavy atom. The molecule has 0 saturated carbocycles. The molecule has 0 bridgehead atoms. The van der Waals surface area contributed by atoms with Crippen molar-refractivity contribution in [2.24, 2.45) is 0 Å². The van der Waals surface area contributed by atoms with Crippen molar-refractivity contribution in [3.05, 3.63) is 45.9 Å². The van der Waals surface area contributed by atoms with Crippen LogP contribution in [-0.2, 0) is 22.2 Å². The number of hydrogen-bond donors (Lipinski definition) is 1. The molecule has 0 saturated heterocycles. The zero-order valence-electron chi connectivity index (χ0n) is 15.8. The molecule has 1 aromatic carbocycles. The van der Waals surface area contributed by atoms with Crippen LogP contribution in [0.3, 0.4) is 0 Å². The highest BCUT2D eigenvalue weighted by Crippen LogP contribution is 2.34. The van der Waals surface area contributed by atoms with Crippen molar-refractivity contribution in [2.75, 3.05) is 32.7 Å². The van der Waals surface area contributed by atoms with Gasteiger partial charge in [-0.2, -0.15) is 13.2 Å². The molecule has 0 aliphatic rings. The van der Waals surface area contributed by atoms with E-state index in [1.807, 2.05) is 0 Å². The number of carbonyl (C=O) groups excluding carboxylic acids is 2. The Labute approximate surface area is 169 Å². The number of halogens is 3. The number of thiazole rings is 1. The van der Waals surface area contributed by atoms with Gasteiger partial charge in [0.1, 0.15) is 5.01 Å². The molecular formula is C18H20F3N3O4S. The summed E-state index contributed by atoms with van der Waals surface area (Å²) in [4.78, 5) is 29.6. The number of hydrogen-bond acceptors (Lipinski definition) is 6. The second-order valence-electron chi connectivity index (χ2n) is 5.86. The Hall–Kier alpha value is -2.66. The van der Waals surface area contributed by atoms with Crippen LogP contribution in [0.1, 0.15) is 27.5 Å². The second kappa shape index (κ2) is 10.2. The minimum Gasteiger partial charge on any atom is -0.464 e. The zero-order chi connectivity index (χ0) is 21.4. The lowest BCUT2D eigenvalue weighted by Gasteiger charge is -2.23. The number of nitrogens with one attached hydrogen (secondary N) is 1. The van der Waals surface area contributed by atoms with E-state index >= 15 is 0 Å². The summed E-state index contributed by atoms with van der Waals surface area (Å²) < 4.78 is 49.1. The van der Waals surface area contributed by atoms with Crippen LogP contribution < -0.4 is 5.32 Å². The average Bonchev–Trinajstić information content (AvgIpc) is 3.15. The lowest BCUT2D eigenvalue weighted by atomic mass is 10.1. The fraction of sp³-hybridized carbons (Fsp3) is 0.389. The number of rotatable bonds is 8. The molecule has 29 heavy (non-hydrogen) atoms. The highest BCUT2D eigenvalue weighted by Gasteiger charge is 2.34. The highest BCUT2D eigenvalue weighted by atomic mass is 32.1. The number of carbonyl (C=O) groups is 2. The van der Waals surface area contributed by atoms with Gasteiger partial charge >= 0.3 is 18.2 Å². The van der Waals surface area contributed by atoms with Crippen LogP contribution in [0.15, 0.2) is 29.6 Å². The number of amides is 2. The molecule has 1 N–H and O–H groups in total. The van der Waals surface area contributed by atoms with Crippen LogP contribution in [0.25, 0.3) is 0 Å². The fourth-order valence-corrected chi connectivity index (χ4v) is 3.21. The lowest BCUT2D eigenvalue weighted by Crippen LogP contribution is -2.36. The van der Waals surface area contributed by atoms with Gasteiger partial charge < -0.3 is 19.7 Å². The van der Waals surface area contributed by atoms with Crippen LogP contribution in [0.2, 0.25) is 0 Å². The number of esters is 1. The second-order valence-corrected chi connectivity index (χ2v) is 6.80. The van der Waals surface area contributed by atoms with E-state index in [4.69, 9.17) is 4.74 Å². The highest BCUT2D eigenvalue weighted by molar-refractivity contribution is 7.09. The molecule has 1 heterocycles. The maximum atomic E-state index is 13.2. The van der Waals surface area contributed by atoms with Gasteiger partial charge in [-0.1, -0.05) is 12.1 Å². The number of alkyl halides is 3. The predicted octanol–water partition coefficient (Wildman–Crippen LogP) is 4.02. The third-order valence-corrected chi connectivity index (χ3v) is 4.64. The first-order chi connectivity index (χ1) is 13.8. The quantitative estimate of drug-likeness (QED) is 0.504. The summed E-state index contributed by atoms with van der Waals surface area (Å²) in [6.07, 6.45) is -4.13. The molecule has 7 nitrogen and oxygen atoms in total. The first-order valence-electron chi connectivity index (χ1n) is 8.50. The predicted molar refractivity (Wildman–Crippen MR) is 101 cm³/mol. The van der Waals surface area contributed by atoms with Crippen molar-refractivity contribution in [2.45, 2.75) is 19.1 Å². The number of nitrogens with zero attached hydrogens (tertiary/aromatic N) is 2. The SMILES string of the molecule is COCCCN(Cc1nc(C(=O)OC)cs1)C(=O)Nc1ccccc1C(F)(F)F. The van der Waals surface area contributed by atoms with E-state index in [1.165, 1.54) is 42.7 Å². The van der Waals surface area contributed by atoms with Crippen molar-refractivity contribution in [3.63, 3.8) is 0 Å². The van der Waals surface area contributed by atoms with E-state index in [0.29, 0.717) is 18.0 Å². The topological polar surface area (TPSA) is 80.8 Å². The average molecular weight is 431 g/mol. The van der Waals surface area contributed by atoms with E-state index in [-0.39, 0.29) is 24.5 Å². The van der Waals surface area contributed by atoms with E-state index in [1.54, 1.807) is 0 Å². The molecule has 11 heteroatoms. The third-order valence-electron chi connectivity index (χ3n) is 3.81. The zero-order valence-corrected chi connectivity index (χ0v) is 16.6. The van der Waals surface area contributed by atoms with E-state index in [2.05, 4.69) is 15.0 Å². The Morgan fingerprint density at radius 3 is 2.62 bits per heavy atom. The van der Waals surface area contributed by atoms with Crippen molar-refractivity contribution in [1.29, 1.82) is 0 Å². The normalized spacial score (nSPS) is 11.2. The van der Waals surface area contributed by atoms with Crippen molar-refractivity contribution >= 4 is 29.0 Å². The summed E-state index contributed by atoms with van der Waals surface area (Å²) >= 11 is 1.15. The number of anilines is 1. The van der Waals surface area contributed by atoms with Crippen LogP contribution in [0, 0.1) is 0 Å². The number of ether oxygens (including phenoxy) is 2. The van der Waals surface area contributed by atoms with E-state index in [9.17, 15) is 22.8 Å². The van der Waals surface area contributed by atoms with E-state index in [0.717, 1.165) is 17.4 Å². The van der Waals surface area contributed by atoms with Gasteiger partial charge in [0.15, 0.2) is 5.69 Å². The van der Waals surface area contributed by atoms with Gasteiger partial charge in [-0.15, -0.1) is 11.3 Å². The molecule has 0 spiro atoms. The maximum Gasteiger partial charge on any atom is 0.418 e. The molecule has 0 fully saturated rings. The summed E-state index contributed by atoms with van der Waals surface area (Å²) in [7, 11) is 2.73. The van der Waals surface area contributed by atoms with Crippen molar-refractivity contribution in [3.8, 4) is 0 Å². The molecule has 0 unspecified atom stereocenters. The minimum absolute atomic E-state index is 0.0192. The van der Waals surface area contributed by atoms with Crippen LogP contribution in [-0.4, -0.2) is 49.3 Å². The maximum absolute atomic E-state index is 13.2. The van der Waals surface area contributed by atoms with Crippen LogP contribution in [0.4, 0.5) is 23.7 Å². The molecule has 1 aromatic heterocycles. The van der Waals surface area contributed by atoms with Gasteiger partial charge in [0.25, 0.3) is 0 Å². The Kier molecular flexibility index (Phi) is 7.97. The first kappa shape index (κ1) is 22.6. The largest absolute Gasteiger partial charge is 0.464 e. The van der Waals surface area contributed by atoms with Gasteiger partial charge in [-0.3, -0.25) is 0 Å². The van der Waals surface area contributed by atoms with Gasteiger partial charge in [0.2, 0.25) is 0 Å². The third kappa shape index (κ3) is 6.43. The molecule has 158 valence electrons. The summed E-state index contributed by atoms with van der Waals surface area (Å²) in [6, 6.07) is 4.02. The van der Waals surface area contributed by atoms with Crippen molar-refractivity contribution < 1.29 is 32.2 Å². The number of methoxy groups -OCH3 is 2. The Balaban J connectivity index is 2.18.